The van der Waals surface area contributed by atoms with Crippen molar-refractivity contribution in [2.75, 3.05) is 0 Å². The summed E-state index contributed by atoms with van der Waals surface area (Å²) in [5.74, 6) is 0. The van der Waals surface area contributed by atoms with E-state index in [0.29, 0.717) is 18.2 Å². The molecule has 1 aliphatic heterocycles. The van der Waals surface area contributed by atoms with Gasteiger partial charge in [0.1, 0.15) is 0 Å². The smallest absolute Gasteiger partial charge is 0.0763 e. The van der Waals surface area contributed by atoms with Crippen molar-refractivity contribution < 1.29 is 4.74 Å². The number of rotatable bonds is 1. The van der Waals surface area contributed by atoms with Crippen molar-refractivity contribution in [3.8, 4) is 0 Å². The van der Waals surface area contributed by atoms with Crippen LogP contribution in [0.4, 0.5) is 0 Å². The molecule has 0 radical (unpaired) electrons. The first kappa shape index (κ1) is 10.2. The summed E-state index contributed by atoms with van der Waals surface area (Å²) in [5, 5.41) is 0. The molecular weight excluding hydrogens is 174 g/mol. The normalized spacial score (nSPS) is 41.9. The van der Waals surface area contributed by atoms with Gasteiger partial charge in [-0.2, -0.15) is 0 Å². The molecule has 0 aromatic rings. The Balaban J connectivity index is 1.89. The third kappa shape index (κ3) is 2.58. The monoisotopic (exact) mass is 195 g/mol. The highest BCUT2D eigenvalue weighted by molar-refractivity contribution is 5.10. The molecule has 0 aromatic heterocycles. The van der Waals surface area contributed by atoms with Crippen LogP contribution >= 0.6 is 0 Å². The Labute approximate surface area is 86.5 Å². The Morgan fingerprint density at radius 2 is 2.21 bits per heavy atom. The van der Waals surface area contributed by atoms with E-state index in [2.05, 4.69) is 13.0 Å². The summed E-state index contributed by atoms with van der Waals surface area (Å²) in [7, 11) is 0. The molecule has 2 heteroatoms. The summed E-state index contributed by atoms with van der Waals surface area (Å²) in [4.78, 5) is 0. The van der Waals surface area contributed by atoms with E-state index in [0.717, 1.165) is 6.42 Å². The highest BCUT2D eigenvalue weighted by atomic mass is 16.5. The molecular formula is C12H21NO. The second kappa shape index (κ2) is 4.45. The molecule has 14 heavy (non-hydrogen) atoms. The predicted molar refractivity (Wildman–Crippen MR) is 58.1 cm³/mol. The molecule has 80 valence electrons. The van der Waals surface area contributed by atoms with E-state index >= 15 is 0 Å². The summed E-state index contributed by atoms with van der Waals surface area (Å²) in [6.07, 6.45) is 10.4. The van der Waals surface area contributed by atoms with Crippen LogP contribution in [0.5, 0.6) is 0 Å². The minimum Gasteiger partial charge on any atom is -0.371 e. The predicted octanol–water partition coefficient (Wildman–Crippen LogP) is 2.38. The van der Waals surface area contributed by atoms with Gasteiger partial charge in [-0.3, -0.25) is 0 Å². The second-order valence-electron chi connectivity index (χ2n) is 4.74. The second-order valence-corrected chi connectivity index (χ2v) is 4.74. The van der Waals surface area contributed by atoms with Gasteiger partial charge in [0.25, 0.3) is 0 Å². The maximum absolute atomic E-state index is 5.95. The first-order chi connectivity index (χ1) is 6.74. The van der Waals surface area contributed by atoms with Crippen molar-refractivity contribution in [1.82, 2.24) is 0 Å². The van der Waals surface area contributed by atoms with Crippen molar-refractivity contribution >= 4 is 0 Å². The van der Waals surface area contributed by atoms with Crippen molar-refractivity contribution in [3.63, 3.8) is 0 Å². The van der Waals surface area contributed by atoms with E-state index in [9.17, 15) is 0 Å². The quantitative estimate of drug-likeness (QED) is 0.652. The number of hydrogen-bond acceptors (Lipinski definition) is 2. The Kier molecular flexibility index (Phi) is 3.24. The molecule has 1 saturated carbocycles. The molecule has 0 aromatic carbocycles. The van der Waals surface area contributed by atoms with Crippen molar-refractivity contribution in [2.45, 2.75) is 63.7 Å². The van der Waals surface area contributed by atoms with E-state index in [-0.39, 0.29) is 0 Å². The lowest BCUT2D eigenvalue weighted by atomic mass is 9.90. The Morgan fingerprint density at radius 1 is 1.36 bits per heavy atom. The van der Waals surface area contributed by atoms with Gasteiger partial charge < -0.3 is 10.5 Å². The van der Waals surface area contributed by atoms with Gasteiger partial charge >= 0.3 is 0 Å². The van der Waals surface area contributed by atoms with Crippen LogP contribution in [0.2, 0.25) is 0 Å². The average molecular weight is 195 g/mol. The molecule has 0 bridgehead atoms. The van der Waals surface area contributed by atoms with Crippen LogP contribution in [-0.2, 0) is 4.74 Å². The van der Waals surface area contributed by atoms with E-state index in [1.54, 1.807) is 0 Å². The molecule has 0 spiro atoms. The molecule has 1 aliphatic carbocycles. The van der Waals surface area contributed by atoms with Crippen LogP contribution in [0.1, 0.15) is 45.4 Å². The third-order valence-electron chi connectivity index (χ3n) is 3.28. The zero-order valence-electron chi connectivity index (χ0n) is 9.04. The molecule has 1 saturated heterocycles. The number of hydrogen-bond donors (Lipinski definition) is 1. The molecule has 2 aliphatic rings. The molecule has 2 nitrogen and oxygen atoms in total. The summed E-state index contributed by atoms with van der Waals surface area (Å²) in [6.45, 7) is 2.16. The summed E-state index contributed by atoms with van der Waals surface area (Å²) < 4.78 is 5.78. The lowest BCUT2D eigenvalue weighted by Crippen LogP contribution is -2.24. The highest BCUT2D eigenvalue weighted by Crippen LogP contribution is 2.27. The molecule has 3 atom stereocenters. The maximum atomic E-state index is 5.95. The minimum atomic E-state index is 0.380. The van der Waals surface area contributed by atoms with Crippen LogP contribution < -0.4 is 5.73 Å². The van der Waals surface area contributed by atoms with Crippen LogP contribution in [0, 0.1) is 0 Å². The zero-order valence-corrected chi connectivity index (χ0v) is 9.04. The molecule has 2 fully saturated rings. The largest absolute Gasteiger partial charge is 0.371 e. The summed E-state index contributed by atoms with van der Waals surface area (Å²) >= 11 is 0. The van der Waals surface area contributed by atoms with Gasteiger partial charge in [0.05, 0.1) is 12.2 Å². The van der Waals surface area contributed by atoms with E-state index in [1.165, 1.54) is 37.7 Å². The van der Waals surface area contributed by atoms with Crippen LogP contribution in [-0.4, -0.2) is 18.2 Å². The zero-order chi connectivity index (χ0) is 9.97. The van der Waals surface area contributed by atoms with E-state index < -0.39 is 0 Å². The first-order valence-corrected chi connectivity index (χ1v) is 5.84. The first-order valence-electron chi connectivity index (χ1n) is 5.84. The molecule has 2 N–H and O–H groups in total. The van der Waals surface area contributed by atoms with E-state index in [4.69, 9.17) is 10.5 Å². The molecule has 2 rings (SSSR count). The number of nitrogens with two attached hydrogens (primary N) is 1. The Bertz CT molecular complexity index is 224. The van der Waals surface area contributed by atoms with Crippen molar-refractivity contribution in [1.29, 1.82) is 0 Å². The van der Waals surface area contributed by atoms with E-state index in [1.807, 2.05) is 0 Å². The van der Waals surface area contributed by atoms with Gasteiger partial charge in [0.15, 0.2) is 0 Å². The maximum Gasteiger partial charge on any atom is 0.0763 e. The van der Waals surface area contributed by atoms with Crippen LogP contribution in [0.25, 0.3) is 0 Å². The topological polar surface area (TPSA) is 35.2 Å². The number of ether oxygens (including phenoxy) is 1. The standard InChI is InChI=1S/C12H21NO/c1-9-5-6-12(14-9)8-10-3-2-4-11(13)7-10/h8-9,11-12H,2-7,13H2,1H3/b10-8-. The fourth-order valence-corrected chi connectivity index (χ4v) is 2.50. The highest BCUT2D eigenvalue weighted by Gasteiger charge is 2.21. The van der Waals surface area contributed by atoms with Gasteiger partial charge in [-0.25, -0.2) is 0 Å². The van der Waals surface area contributed by atoms with Gasteiger partial charge in [-0.15, -0.1) is 0 Å². The fourth-order valence-electron chi connectivity index (χ4n) is 2.50. The van der Waals surface area contributed by atoms with Crippen molar-refractivity contribution in [3.05, 3.63) is 11.6 Å². The fraction of sp³-hybridized carbons (Fsp3) is 0.833. The molecule has 3 unspecified atom stereocenters. The van der Waals surface area contributed by atoms with Crippen molar-refractivity contribution in [2.24, 2.45) is 5.73 Å². The summed E-state index contributed by atoms with van der Waals surface area (Å²) in [5.41, 5.74) is 7.48. The molecule has 1 heterocycles. The van der Waals surface area contributed by atoms with Gasteiger partial charge in [-0.05, 0) is 45.4 Å². The molecule has 0 amide bonds. The third-order valence-corrected chi connectivity index (χ3v) is 3.28. The Hall–Kier alpha value is -0.340. The van der Waals surface area contributed by atoms with Gasteiger partial charge in [0.2, 0.25) is 0 Å². The SMILES string of the molecule is CC1CCC(/C=C2/CCCC(N)C2)O1. The minimum absolute atomic E-state index is 0.380. The Morgan fingerprint density at radius 3 is 2.86 bits per heavy atom. The van der Waals surface area contributed by atoms with Crippen LogP contribution in [0.15, 0.2) is 11.6 Å². The van der Waals surface area contributed by atoms with Crippen LogP contribution in [0.3, 0.4) is 0 Å². The lowest BCUT2D eigenvalue weighted by Gasteiger charge is -2.21. The van der Waals surface area contributed by atoms with Gasteiger partial charge in [-0.1, -0.05) is 11.6 Å². The lowest BCUT2D eigenvalue weighted by molar-refractivity contribution is 0.0825. The average Bonchev–Trinajstić information content (AvgIpc) is 2.51. The van der Waals surface area contributed by atoms with Gasteiger partial charge in [0, 0.05) is 6.04 Å². The summed E-state index contributed by atoms with van der Waals surface area (Å²) in [6, 6.07) is 0.397.